The SMILES string of the molecule is CN(C(=O)C(Cc1cscn1)NC(=O)Cn1nc(C(F)(F)F)c2c1CCCC2)c1ccccc1. The zero-order valence-electron chi connectivity index (χ0n) is 18.5. The first-order chi connectivity index (χ1) is 16.2. The predicted molar refractivity (Wildman–Crippen MR) is 121 cm³/mol. The van der Waals surface area contributed by atoms with Gasteiger partial charge >= 0.3 is 6.18 Å². The van der Waals surface area contributed by atoms with Crippen molar-refractivity contribution in [3.63, 3.8) is 0 Å². The number of alkyl halides is 3. The smallest absolute Gasteiger partial charge is 0.342 e. The quantitative estimate of drug-likeness (QED) is 0.548. The fourth-order valence-electron chi connectivity index (χ4n) is 4.17. The Morgan fingerprint density at radius 1 is 1.21 bits per heavy atom. The van der Waals surface area contributed by atoms with Crippen LogP contribution < -0.4 is 10.2 Å². The molecule has 0 bridgehead atoms. The van der Waals surface area contributed by atoms with E-state index in [1.807, 2.05) is 6.07 Å². The Balaban J connectivity index is 1.54. The van der Waals surface area contributed by atoms with E-state index in [4.69, 9.17) is 0 Å². The number of carbonyl (C=O) groups is 2. The highest BCUT2D eigenvalue weighted by Crippen LogP contribution is 2.35. The lowest BCUT2D eigenvalue weighted by Gasteiger charge is -2.24. The van der Waals surface area contributed by atoms with Crippen molar-refractivity contribution in [1.29, 1.82) is 0 Å². The minimum Gasteiger partial charge on any atom is -0.342 e. The van der Waals surface area contributed by atoms with Gasteiger partial charge in [-0.25, -0.2) is 4.98 Å². The van der Waals surface area contributed by atoms with Crippen LogP contribution in [-0.4, -0.2) is 39.7 Å². The van der Waals surface area contributed by atoms with Crippen molar-refractivity contribution in [2.45, 2.75) is 50.9 Å². The third-order valence-corrected chi connectivity index (χ3v) is 6.46. The van der Waals surface area contributed by atoms with Crippen LogP contribution in [0, 0.1) is 0 Å². The average molecular weight is 492 g/mol. The molecule has 0 fully saturated rings. The van der Waals surface area contributed by atoms with Crippen LogP contribution in [0.2, 0.25) is 0 Å². The van der Waals surface area contributed by atoms with Gasteiger partial charge in [0.15, 0.2) is 5.69 Å². The number of thiazole rings is 1. The molecule has 1 aromatic carbocycles. The third-order valence-electron chi connectivity index (χ3n) is 5.82. The summed E-state index contributed by atoms with van der Waals surface area (Å²) in [5.41, 5.74) is 2.62. The van der Waals surface area contributed by atoms with Crippen LogP contribution in [0.25, 0.3) is 0 Å². The first-order valence-corrected chi connectivity index (χ1v) is 11.8. The average Bonchev–Trinajstić information content (AvgIpc) is 3.46. The molecular weight excluding hydrogens is 467 g/mol. The molecule has 1 N–H and O–H groups in total. The number of hydrogen-bond donors (Lipinski definition) is 1. The molecule has 0 saturated heterocycles. The first kappa shape index (κ1) is 23.9. The Labute approximate surface area is 198 Å². The number of likely N-dealkylation sites (N-methyl/N-ethyl adjacent to an activating group) is 1. The lowest BCUT2D eigenvalue weighted by atomic mass is 9.95. The van der Waals surface area contributed by atoms with E-state index in [9.17, 15) is 22.8 Å². The molecule has 11 heteroatoms. The topological polar surface area (TPSA) is 80.1 Å². The van der Waals surface area contributed by atoms with Gasteiger partial charge in [-0.15, -0.1) is 11.3 Å². The van der Waals surface area contributed by atoms with Gasteiger partial charge in [0, 0.05) is 35.8 Å². The summed E-state index contributed by atoms with van der Waals surface area (Å²) >= 11 is 1.37. The molecule has 34 heavy (non-hydrogen) atoms. The molecule has 3 aromatic rings. The van der Waals surface area contributed by atoms with Crippen LogP contribution in [0.15, 0.2) is 41.2 Å². The second-order valence-electron chi connectivity index (χ2n) is 8.17. The van der Waals surface area contributed by atoms with E-state index in [1.54, 1.807) is 42.2 Å². The normalized spacial score (nSPS) is 14.4. The number of anilines is 1. The highest BCUT2D eigenvalue weighted by atomic mass is 32.1. The standard InChI is InChI=1S/C23H24F3N5O2S/c1-30(16-7-3-2-4-8-16)22(33)18(11-15-13-34-14-27-15)28-20(32)12-31-19-10-6-5-9-17(19)21(29-31)23(24,25)26/h2-4,7-8,13-14,18H,5-6,9-12H2,1H3,(H,28,32). The molecule has 1 unspecified atom stereocenters. The number of fused-ring (bicyclic) bond motifs is 1. The van der Waals surface area contributed by atoms with E-state index in [1.165, 1.54) is 16.2 Å². The summed E-state index contributed by atoms with van der Waals surface area (Å²) in [5.74, 6) is -0.939. The maximum Gasteiger partial charge on any atom is 0.435 e. The molecule has 0 radical (unpaired) electrons. The zero-order chi connectivity index (χ0) is 24.3. The van der Waals surface area contributed by atoms with Crippen LogP contribution in [0.3, 0.4) is 0 Å². The maximum atomic E-state index is 13.5. The van der Waals surface area contributed by atoms with Gasteiger partial charge in [0.05, 0.1) is 11.2 Å². The van der Waals surface area contributed by atoms with Crippen molar-refractivity contribution in [2.24, 2.45) is 0 Å². The molecule has 2 amide bonds. The van der Waals surface area contributed by atoms with Crippen molar-refractivity contribution in [3.05, 3.63) is 63.9 Å². The molecular formula is C23H24F3N5O2S. The number of hydrogen-bond acceptors (Lipinski definition) is 5. The van der Waals surface area contributed by atoms with Gasteiger partial charge in [0.2, 0.25) is 11.8 Å². The second kappa shape index (κ2) is 9.96. The summed E-state index contributed by atoms with van der Waals surface area (Å²) < 4.78 is 41.6. The largest absolute Gasteiger partial charge is 0.435 e. The van der Waals surface area contributed by atoms with Crippen molar-refractivity contribution >= 4 is 28.8 Å². The van der Waals surface area contributed by atoms with Gasteiger partial charge < -0.3 is 10.2 Å². The Bertz CT molecular complexity index is 1150. The van der Waals surface area contributed by atoms with E-state index in [2.05, 4.69) is 15.4 Å². The molecule has 2 aromatic heterocycles. The van der Waals surface area contributed by atoms with Crippen LogP contribution in [0.5, 0.6) is 0 Å². The maximum absolute atomic E-state index is 13.5. The van der Waals surface area contributed by atoms with Gasteiger partial charge in [-0.2, -0.15) is 18.3 Å². The number of rotatable bonds is 7. The van der Waals surface area contributed by atoms with Gasteiger partial charge in [-0.1, -0.05) is 18.2 Å². The molecule has 1 aliphatic rings. The number of para-hydroxylation sites is 1. The highest BCUT2D eigenvalue weighted by molar-refractivity contribution is 7.07. The van der Waals surface area contributed by atoms with E-state index >= 15 is 0 Å². The third kappa shape index (κ3) is 5.30. The molecule has 0 aliphatic heterocycles. The summed E-state index contributed by atoms with van der Waals surface area (Å²) in [7, 11) is 1.61. The number of benzene rings is 1. The second-order valence-corrected chi connectivity index (χ2v) is 8.89. The predicted octanol–water partition coefficient (Wildman–Crippen LogP) is 3.63. The lowest BCUT2D eigenvalue weighted by Crippen LogP contribution is -2.49. The Morgan fingerprint density at radius 2 is 1.94 bits per heavy atom. The molecule has 1 atom stereocenters. The number of aromatic nitrogens is 3. The molecule has 0 spiro atoms. The molecule has 4 rings (SSSR count). The van der Waals surface area contributed by atoms with Gasteiger partial charge in [-0.05, 0) is 37.8 Å². The number of nitrogens with zero attached hydrogens (tertiary/aromatic N) is 4. The van der Waals surface area contributed by atoms with Crippen molar-refractivity contribution in [3.8, 4) is 0 Å². The number of carbonyl (C=O) groups excluding carboxylic acids is 2. The summed E-state index contributed by atoms with van der Waals surface area (Å²) in [5, 5.41) is 8.23. The molecule has 7 nitrogen and oxygen atoms in total. The van der Waals surface area contributed by atoms with Gasteiger partial charge in [-0.3, -0.25) is 14.3 Å². The number of nitrogens with one attached hydrogen (secondary N) is 1. The summed E-state index contributed by atoms with van der Waals surface area (Å²) in [6.45, 7) is -0.395. The zero-order valence-corrected chi connectivity index (χ0v) is 19.3. The monoisotopic (exact) mass is 491 g/mol. The first-order valence-electron chi connectivity index (χ1n) is 10.9. The minimum absolute atomic E-state index is 0.163. The molecule has 2 heterocycles. The fraction of sp³-hybridized carbons (Fsp3) is 0.391. The fourth-order valence-corrected chi connectivity index (χ4v) is 4.74. The molecule has 0 saturated carbocycles. The number of halogens is 3. The Morgan fingerprint density at radius 3 is 2.62 bits per heavy atom. The summed E-state index contributed by atoms with van der Waals surface area (Å²) in [6.07, 6.45) is -2.29. The molecule has 1 aliphatic carbocycles. The van der Waals surface area contributed by atoms with Crippen LogP contribution in [0.4, 0.5) is 18.9 Å². The van der Waals surface area contributed by atoms with Crippen molar-refractivity contribution in [1.82, 2.24) is 20.1 Å². The van der Waals surface area contributed by atoms with E-state index in [0.717, 1.165) is 11.1 Å². The Hall–Kier alpha value is -3.21. The highest BCUT2D eigenvalue weighted by Gasteiger charge is 2.39. The minimum atomic E-state index is -4.58. The van der Waals surface area contributed by atoms with Crippen LogP contribution >= 0.6 is 11.3 Å². The van der Waals surface area contributed by atoms with Crippen LogP contribution in [0.1, 0.15) is 35.5 Å². The Kier molecular flexibility index (Phi) is 7.01. The number of amides is 2. The molecule has 180 valence electrons. The van der Waals surface area contributed by atoms with Gasteiger partial charge in [0.1, 0.15) is 12.6 Å². The van der Waals surface area contributed by atoms with Gasteiger partial charge in [0.25, 0.3) is 0 Å². The van der Waals surface area contributed by atoms with E-state index in [0.29, 0.717) is 36.3 Å². The summed E-state index contributed by atoms with van der Waals surface area (Å²) in [6, 6.07) is 8.03. The van der Waals surface area contributed by atoms with Crippen molar-refractivity contribution in [2.75, 3.05) is 11.9 Å². The van der Waals surface area contributed by atoms with Crippen molar-refractivity contribution < 1.29 is 22.8 Å². The van der Waals surface area contributed by atoms with Crippen LogP contribution in [-0.2, 0) is 41.6 Å². The lowest BCUT2D eigenvalue weighted by molar-refractivity contribution is -0.142. The summed E-state index contributed by atoms with van der Waals surface area (Å²) in [4.78, 5) is 31.8. The van der Waals surface area contributed by atoms with E-state index in [-0.39, 0.29) is 17.9 Å². The van der Waals surface area contributed by atoms with E-state index < -0.39 is 30.4 Å².